The number of nitrogens with one attached hydrogen (secondary N) is 2. The van der Waals surface area contributed by atoms with Gasteiger partial charge in [-0.3, -0.25) is 9.59 Å². The van der Waals surface area contributed by atoms with Crippen molar-refractivity contribution in [2.75, 3.05) is 19.5 Å². The Balaban J connectivity index is 2.13. The van der Waals surface area contributed by atoms with Gasteiger partial charge < -0.3 is 20.1 Å². The molecule has 1 unspecified atom stereocenters. The first-order valence-electron chi connectivity index (χ1n) is 9.08. The van der Waals surface area contributed by atoms with E-state index in [2.05, 4.69) is 10.6 Å². The monoisotopic (exact) mass is 382 g/mol. The average Bonchev–Trinajstić information content (AvgIpc) is 2.72. The zero-order chi connectivity index (χ0) is 20.5. The lowest BCUT2D eigenvalue weighted by molar-refractivity contribution is -0.111. The third kappa shape index (κ3) is 5.87. The predicted octanol–water partition coefficient (Wildman–Crippen LogP) is 3.88. The molecular formula is C22H26N2O4. The van der Waals surface area contributed by atoms with Crippen molar-refractivity contribution in [1.82, 2.24) is 5.32 Å². The average molecular weight is 382 g/mol. The molecule has 2 rings (SSSR count). The van der Waals surface area contributed by atoms with Crippen molar-refractivity contribution in [1.29, 1.82) is 0 Å². The maximum Gasteiger partial charge on any atom is 0.253 e. The van der Waals surface area contributed by atoms with Gasteiger partial charge in [0.05, 0.1) is 25.5 Å². The van der Waals surface area contributed by atoms with Crippen LogP contribution in [0.15, 0.2) is 48.5 Å². The minimum Gasteiger partial charge on any atom is -0.497 e. The van der Waals surface area contributed by atoms with Crippen LogP contribution in [0.25, 0.3) is 6.08 Å². The fourth-order valence-corrected chi connectivity index (χ4v) is 2.47. The zero-order valence-electron chi connectivity index (χ0n) is 16.6. The number of methoxy groups -OCH3 is 2. The van der Waals surface area contributed by atoms with E-state index < -0.39 is 0 Å². The number of carbonyl (C=O) groups excluding carboxylic acids is 2. The second-order valence-corrected chi connectivity index (χ2v) is 6.30. The van der Waals surface area contributed by atoms with Gasteiger partial charge in [-0.25, -0.2) is 0 Å². The predicted molar refractivity (Wildman–Crippen MR) is 111 cm³/mol. The van der Waals surface area contributed by atoms with Crippen LogP contribution in [0.2, 0.25) is 0 Å². The lowest BCUT2D eigenvalue weighted by Crippen LogP contribution is -2.32. The van der Waals surface area contributed by atoms with Crippen LogP contribution in [0.1, 0.15) is 36.2 Å². The molecule has 0 spiro atoms. The summed E-state index contributed by atoms with van der Waals surface area (Å²) in [6, 6.07) is 12.3. The van der Waals surface area contributed by atoms with E-state index in [4.69, 9.17) is 9.47 Å². The van der Waals surface area contributed by atoms with Crippen molar-refractivity contribution in [2.45, 2.75) is 26.3 Å². The van der Waals surface area contributed by atoms with E-state index in [1.165, 1.54) is 6.08 Å². The highest BCUT2D eigenvalue weighted by Crippen LogP contribution is 2.23. The lowest BCUT2D eigenvalue weighted by atomic mass is 10.1. The Hall–Kier alpha value is -3.28. The number of anilines is 1. The second-order valence-electron chi connectivity index (χ2n) is 6.30. The number of ether oxygens (including phenoxy) is 2. The van der Waals surface area contributed by atoms with Crippen LogP contribution in [-0.4, -0.2) is 32.1 Å². The Kier molecular flexibility index (Phi) is 7.63. The first kappa shape index (κ1) is 21.0. The van der Waals surface area contributed by atoms with E-state index in [0.717, 1.165) is 12.0 Å². The second kappa shape index (κ2) is 10.2. The molecule has 0 radical (unpaired) electrons. The fourth-order valence-electron chi connectivity index (χ4n) is 2.47. The van der Waals surface area contributed by atoms with Crippen LogP contribution in [0.3, 0.4) is 0 Å². The van der Waals surface area contributed by atoms with Crippen LogP contribution >= 0.6 is 0 Å². The van der Waals surface area contributed by atoms with Crippen molar-refractivity contribution in [3.05, 3.63) is 59.7 Å². The molecule has 148 valence electrons. The zero-order valence-corrected chi connectivity index (χ0v) is 16.6. The topological polar surface area (TPSA) is 76.7 Å². The van der Waals surface area contributed by atoms with Crippen LogP contribution < -0.4 is 20.1 Å². The third-order valence-corrected chi connectivity index (χ3v) is 4.22. The van der Waals surface area contributed by atoms with Gasteiger partial charge in [-0.15, -0.1) is 0 Å². The molecule has 28 heavy (non-hydrogen) atoms. The maximum absolute atomic E-state index is 12.4. The molecule has 0 aliphatic carbocycles. The van der Waals surface area contributed by atoms with E-state index in [1.54, 1.807) is 62.8 Å². The number of hydrogen-bond donors (Lipinski definition) is 2. The minimum absolute atomic E-state index is 0.0548. The lowest BCUT2D eigenvalue weighted by Gasteiger charge is -2.14. The first-order chi connectivity index (χ1) is 13.5. The molecule has 0 bridgehead atoms. The van der Waals surface area contributed by atoms with Gasteiger partial charge in [-0.05, 0) is 49.2 Å². The molecule has 0 aliphatic rings. The number of benzene rings is 2. The van der Waals surface area contributed by atoms with E-state index in [0.29, 0.717) is 22.7 Å². The number of rotatable bonds is 8. The number of carbonyl (C=O) groups is 2. The summed E-state index contributed by atoms with van der Waals surface area (Å²) >= 11 is 0. The first-order valence-corrected chi connectivity index (χ1v) is 9.08. The van der Waals surface area contributed by atoms with E-state index >= 15 is 0 Å². The van der Waals surface area contributed by atoms with E-state index in [1.807, 2.05) is 13.8 Å². The smallest absolute Gasteiger partial charge is 0.253 e. The summed E-state index contributed by atoms with van der Waals surface area (Å²) < 4.78 is 10.4. The van der Waals surface area contributed by atoms with Gasteiger partial charge in [-0.1, -0.05) is 19.1 Å². The molecule has 2 aromatic rings. The normalized spacial score (nSPS) is 11.7. The summed E-state index contributed by atoms with van der Waals surface area (Å²) in [6.45, 7) is 3.93. The fraction of sp³-hybridized carbons (Fsp3) is 0.273. The largest absolute Gasteiger partial charge is 0.497 e. The van der Waals surface area contributed by atoms with Crippen LogP contribution in [-0.2, 0) is 4.79 Å². The Morgan fingerprint density at radius 2 is 1.71 bits per heavy atom. The molecule has 0 aliphatic heterocycles. The minimum atomic E-state index is -0.342. The van der Waals surface area contributed by atoms with Crippen molar-refractivity contribution in [3.63, 3.8) is 0 Å². The molecule has 2 amide bonds. The molecule has 0 aromatic heterocycles. The quantitative estimate of drug-likeness (QED) is 0.679. The summed E-state index contributed by atoms with van der Waals surface area (Å²) in [6.07, 6.45) is 3.88. The van der Waals surface area contributed by atoms with Crippen molar-refractivity contribution in [2.24, 2.45) is 0 Å². The molecule has 2 N–H and O–H groups in total. The van der Waals surface area contributed by atoms with Crippen LogP contribution in [0.5, 0.6) is 11.5 Å². The Morgan fingerprint density at radius 3 is 2.32 bits per heavy atom. The Morgan fingerprint density at radius 1 is 1.07 bits per heavy atom. The Bertz CT molecular complexity index is 839. The molecule has 6 nitrogen and oxygen atoms in total. The van der Waals surface area contributed by atoms with Crippen molar-refractivity contribution < 1.29 is 19.1 Å². The standard InChI is InChI=1S/C22H26N2O4/c1-5-15(2)23-22(26)19-8-6-7-9-20(19)24-21(25)11-10-16-12-17(27-3)14-18(13-16)28-4/h6-15H,5H2,1-4H3,(H,23,26)(H,24,25). The summed E-state index contributed by atoms with van der Waals surface area (Å²) in [5, 5.41) is 5.67. The van der Waals surface area contributed by atoms with E-state index in [9.17, 15) is 9.59 Å². The molecule has 0 saturated heterocycles. The summed E-state index contributed by atoms with van der Waals surface area (Å²) in [7, 11) is 3.13. The SMILES string of the molecule is CCC(C)NC(=O)c1ccccc1NC(=O)C=Cc1cc(OC)cc(OC)c1. The van der Waals surface area contributed by atoms with Crippen molar-refractivity contribution >= 4 is 23.6 Å². The number of para-hydroxylation sites is 1. The maximum atomic E-state index is 12.4. The summed E-state index contributed by atoms with van der Waals surface area (Å²) in [4.78, 5) is 24.8. The number of amides is 2. The van der Waals surface area contributed by atoms with Gasteiger partial charge in [0.2, 0.25) is 5.91 Å². The van der Waals surface area contributed by atoms with Gasteiger partial charge >= 0.3 is 0 Å². The summed E-state index contributed by atoms with van der Waals surface area (Å²) in [5.41, 5.74) is 1.64. The molecule has 6 heteroatoms. The molecule has 0 fully saturated rings. The number of hydrogen-bond acceptors (Lipinski definition) is 4. The van der Waals surface area contributed by atoms with Gasteiger partial charge in [0.15, 0.2) is 0 Å². The molecule has 0 saturated carbocycles. The third-order valence-electron chi connectivity index (χ3n) is 4.22. The highest BCUT2D eigenvalue weighted by Gasteiger charge is 2.13. The van der Waals surface area contributed by atoms with E-state index in [-0.39, 0.29) is 17.9 Å². The van der Waals surface area contributed by atoms with Crippen LogP contribution in [0, 0.1) is 0 Å². The van der Waals surface area contributed by atoms with Gasteiger partial charge in [0.25, 0.3) is 5.91 Å². The van der Waals surface area contributed by atoms with Crippen LogP contribution in [0.4, 0.5) is 5.69 Å². The van der Waals surface area contributed by atoms with Crippen molar-refractivity contribution in [3.8, 4) is 11.5 Å². The molecule has 2 aromatic carbocycles. The Labute approximate surface area is 165 Å². The van der Waals surface area contributed by atoms with Gasteiger partial charge in [0.1, 0.15) is 11.5 Å². The highest BCUT2D eigenvalue weighted by molar-refractivity contribution is 6.07. The molecule has 1 atom stereocenters. The molecular weight excluding hydrogens is 356 g/mol. The molecule has 0 heterocycles. The van der Waals surface area contributed by atoms with Gasteiger partial charge in [0, 0.05) is 18.2 Å². The highest BCUT2D eigenvalue weighted by atomic mass is 16.5. The van der Waals surface area contributed by atoms with Gasteiger partial charge in [-0.2, -0.15) is 0 Å². The summed E-state index contributed by atoms with van der Waals surface area (Å²) in [5.74, 6) is 0.704.